The monoisotopic (exact) mass is 252 g/mol. The van der Waals surface area contributed by atoms with Crippen LogP contribution in [0.2, 0.25) is 0 Å². The Hall–Kier alpha value is -1.88. The molecule has 98 valence electrons. The highest BCUT2D eigenvalue weighted by Gasteiger charge is 2.18. The van der Waals surface area contributed by atoms with Crippen LogP contribution in [0.4, 0.5) is 0 Å². The van der Waals surface area contributed by atoms with Crippen LogP contribution in [0, 0.1) is 6.92 Å². The van der Waals surface area contributed by atoms with Gasteiger partial charge in [-0.25, -0.2) is 4.79 Å². The number of aliphatic carboxylic acids is 1. The largest absolute Gasteiger partial charge is 0.479 e. The third-order valence-corrected chi connectivity index (χ3v) is 2.72. The molecule has 0 aliphatic heterocycles. The number of aliphatic hydroxyl groups is 1. The van der Waals surface area contributed by atoms with E-state index in [9.17, 15) is 14.7 Å². The summed E-state index contributed by atoms with van der Waals surface area (Å²) < 4.78 is 4.53. The summed E-state index contributed by atoms with van der Waals surface area (Å²) in [4.78, 5) is 21.8. The number of rotatable bonds is 5. The summed E-state index contributed by atoms with van der Waals surface area (Å²) >= 11 is 0. The molecule has 1 atom stereocenters. The molecule has 0 heterocycles. The van der Waals surface area contributed by atoms with Gasteiger partial charge in [-0.2, -0.15) is 0 Å². The Bertz CT molecular complexity index is 453. The van der Waals surface area contributed by atoms with Crippen molar-refractivity contribution in [3.63, 3.8) is 0 Å². The maximum Gasteiger partial charge on any atom is 0.337 e. The van der Waals surface area contributed by atoms with Gasteiger partial charge in [0.15, 0.2) is 6.10 Å². The predicted molar refractivity (Wildman–Crippen MR) is 64.1 cm³/mol. The molecular formula is C13H16O5. The second kappa shape index (κ2) is 6.16. The molecule has 0 saturated heterocycles. The van der Waals surface area contributed by atoms with Gasteiger partial charge in [0.05, 0.1) is 7.11 Å². The molecule has 0 aliphatic rings. The number of carboxylic acid groups (broad SMARTS) is 1. The standard InChI is InChI=1S/C13H16O5/c1-8-3-4-9(5-6-11(14)18-2)7-10(8)12(15)13(16)17/h3-4,7,12,15H,5-6H2,1-2H3,(H,16,17). The van der Waals surface area contributed by atoms with Crippen LogP contribution in [0.25, 0.3) is 0 Å². The van der Waals surface area contributed by atoms with Gasteiger partial charge in [-0.1, -0.05) is 18.2 Å². The van der Waals surface area contributed by atoms with Gasteiger partial charge in [0.25, 0.3) is 0 Å². The molecule has 1 rings (SSSR count). The third-order valence-electron chi connectivity index (χ3n) is 2.72. The minimum Gasteiger partial charge on any atom is -0.479 e. The number of carbonyl (C=O) groups excluding carboxylic acids is 1. The zero-order valence-electron chi connectivity index (χ0n) is 10.3. The average Bonchev–Trinajstić information content (AvgIpc) is 2.36. The summed E-state index contributed by atoms with van der Waals surface area (Å²) in [5.74, 6) is -1.61. The molecule has 0 aromatic heterocycles. The highest BCUT2D eigenvalue weighted by molar-refractivity contribution is 5.74. The smallest absolute Gasteiger partial charge is 0.337 e. The van der Waals surface area contributed by atoms with Gasteiger partial charge in [0.1, 0.15) is 0 Å². The normalized spacial score (nSPS) is 11.9. The Balaban J connectivity index is 2.87. The Morgan fingerprint density at radius 1 is 1.39 bits per heavy atom. The van der Waals surface area contributed by atoms with E-state index >= 15 is 0 Å². The number of esters is 1. The van der Waals surface area contributed by atoms with Gasteiger partial charge in [-0.05, 0) is 30.0 Å². The van der Waals surface area contributed by atoms with Gasteiger partial charge in [-0.15, -0.1) is 0 Å². The lowest BCUT2D eigenvalue weighted by atomic mass is 9.98. The SMILES string of the molecule is COC(=O)CCc1ccc(C)c(C(O)C(=O)O)c1. The van der Waals surface area contributed by atoms with E-state index in [-0.39, 0.29) is 12.4 Å². The van der Waals surface area contributed by atoms with E-state index in [1.807, 2.05) is 0 Å². The van der Waals surface area contributed by atoms with Crippen molar-refractivity contribution in [2.24, 2.45) is 0 Å². The van der Waals surface area contributed by atoms with Crippen molar-refractivity contribution in [1.82, 2.24) is 0 Å². The highest BCUT2D eigenvalue weighted by Crippen LogP contribution is 2.20. The van der Waals surface area contributed by atoms with E-state index in [0.29, 0.717) is 17.5 Å². The van der Waals surface area contributed by atoms with Crippen LogP contribution in [0.3, 0.4) is 0 Å². The maximum absolute atomic E-state index is 11.0. The number of benzene rings is 1. The van der Waals surface area contributed by atoms with Crippen LogP contribution in [-0.2, 0) is 20.7 Å². The second-order valence-corrected chi connectivity index (χ2v) is 4.01. The first-order valence-electron chi connectivity index (χ1n) is 5.52. The van der Waals surface area contributed by atoms with Crippen molar-refractivity contribution in [1.29, 1.82) is 0 Å². The molecule has 1 aromatic carbocycles. The molecule has 0 amide bonds. The number of carbonyl (C=O) groups is 2. The van der Waals surface area contributed by atoms with E-state index < -0.39 is 12.1 Å². The zero-order chi connectivity index (χ0) is 13.7. The molecule has 0 saturated carbocycles. The first-order chi connectivity index (χ1) is 8.45. The molecule has 0 aliphatic carbocycles. The number of hydrogen-bond acceptors (Lipinski definition) is 4. The second-order valence-electron chi connectivity index (χ2n) is 4.01. The van der Waals surface area contributed by atoms with E-state index in [1.165, 1.54) is 7.11 Å². The summed E-state index contributed by atoms with van der Waals surface area (Å²) in [6.07, 6.45) is -0.864. The van der Waals surface area contributed by atoms with Gasteiger partial charge in [0, 0.05) is 6.42 Å². The molecule has 5 nitrogen and oxygen atoms in total. The van der Waals surface area contributed by atoms with Crippen molar-refractivity contribution in [3.05, 3.63) is 34.9 Å². The van der Waals surface area contributed by atoms with Gasteiger partial charge in [-0.3, -0.25) is 4.79 Å². The fourth-order valence-electron chi connectivity index (χ4n) is 1.62. The molecular weight excluding hydrogens is 236 g/mol. The summed E-state index contributed by atoms with van der Waals surface area (Å²) in [6.45, 7) is 1.73. The van der Waals surface area contributed by atoms with Crippen LogP contribution < -0.4 is 0 Å². The lowest BCUT2D eigenvalue weighted by molar-refractivity contribution is -0.147. The van der Waals surface area contributed by atoms with Crippen LogP contribution in [0.1, 0.15) is 29.2 Å². The Kier molecular flexibility index (Phi) is 4.85. The molecule has 18 heavy (non-hydrogen) atoms. The number of hydrogen-bond donors (Lipinski definition) is 2. The molecule has 0 fully saturated rings. The minimum absolute atomic E-state index is 0.224. The van der Waals surface area contributed by atoms with Crippen molar-refractivity contribution < 1.29 is 24.5 Å². The van der Waals surface area contributed by atoms with Crippen LogP contribution in [-0.4, -0.2) is 29.3 Å². The third kappa shape index (κ3) is 3.56. The van der Waals surface area contributed by atoms with Crippen LogP contribution >= 0.6 is 0 Å². The number of aliphatic hydroxyl groups excluding tert-OH is 1. The topological polar surface area (TPSA) is 83.8 Å². The van der Waals surface area contributed by atoms with Crippen molar-refractivity contribution >= 4 is 11.9 Å². The molecule has 0 spiro atoms. The molecule has 5 heteroatoms. The van der Waals surface area contributed by atoms with E-state index in [0.717, 1.165) is 5.56 Å². The minimum atomic E-state index is -1.54. The maximum atomic E-state index is 11.0. The van der Waals surface area contributed by atoms with E-state index in [2.05, 4.69) is 4.74 Å². The predicted octanol–water partition coefficient (Wildman–Crippen LogP) is 1.22. The van der Waals surface area contributed by atoms with Crippen molar-refractivity contribution in [2.75, 3.05) is 7.11 Å². The number of aryl methyl sites for hydroxylation is 2. The Morgan fingerprint density at radius 2 is 2.06 bits per heavy atom. The first-order valence-corrected chi connectivity index (χ1v) is 5.52. The van der Waals surface area contributed by atoms with Crippen molar-refractivity contribution in [3.8, 4) is 0 Å². The number of methoxy groups -OCH3 is 1. The molecule has 0 radical (unpaired) electrons. The van der Waals surface area contributed by atoms with Crippen molar-refractivity contribution in [2.45, 2.75) is 25.9 Å². The van der Waals surface area contributed by atoms with Gasteiger partial charge >= 0.3 is 11.9 Å². The lowest BCUT2D eigenvalue weighted by Gasteiger charge is -2.11. The Morgan fingerprint density at radius 3 is 2.61 bits per heavy atom. The summed E-state index contributed by atoms with van der Waals surface area (Å²) in [5.41, 5.74) is 1.85. The quantitative estimate of drug-likeness (QED) is 0.770. The lowest BCUT2D eigenvalue weighted by Crippen LogP contribution is -2.12. The zero-order valence-corrected chi connectivity index (χ0v) is 10.3. The highest BCUT2D eigenvalue weighted by atomic mass is 16.5. The summed E-state index contributed by atoms with van der Waals surface area (Å²) in [7, 11) is 1.32. The summed E-state index contributed by atoms with van der Waals surface area (Å²) in [6, 6.07) is 5.14. The first kappa shape index (κ1) is 14.2. The molecule has 0 bridgehead atoms. The number of ether oxygens (including phenoxy) is 1. The molecule has 1 aromatic rings. The van der Waals surface area contributed by atoms with E-state index in [4.69, 9.17) is 5.11 Å². The number of carboxylic acids is 1. The molecule has 2 N–H and O–H groups in total. The van der Waals surface area contributed by atoms with Crippen LogP contribution in [0.15, 0.2) is 18.2 Å². The average molecular weight is 252 g/mol. The fourth-order valence-corrected chi connectivity index (χ4v) is 1.62. The van der Waals surface area contributed by atoms with E-state index in [1.54, 1.807) is 25.1 Å². The van der Waals surface area contributed by atoms with Gasteiger partial charge < -0.3 is 14.9 Å². The summed E-state index contributed by atoms with van der Waals surface area (Å²) in [5, 5.41) is 18.3. The van der Waals surface area contributed by atoms with Gasteiger partial charge in [0.2, 0.25) is 0 Å². The molecule has 1 unspecified atom stereocenters. The Labute approximate surface area is 105 Å². The fraction of sp³-hybridized carbons (Fsp3) is 0.385. The van der Waals surface area contributed by atoms with Crippen LogP contribution in [0.5, 0.6) is 0 Å².